The molecule has 0 radical (unpaired) electrons. The lowest BCUT2D eigenvalue weighted by Gasteiger charge is -2.12. The molecule has 3 rings (SSSR count). The van der Waals surface area contributed by atoms with Crippen LogP contribution in [0.25, 0.3) is 10.9 Å². The van der Waals surface area contributed by atoms with Crippen molar-refractivity contribution in [2.75, 3.05) is 25.0 Å². The van der Waals surface area contributed by atoms with E-state index in [2.05, 4.69) is 25.7 Å². The number of amides is 1. The standard InChI is InChI=1S/C19H21F3N6O2/c1-12-6-13(8-25-18(12)26-11-19(20,21)22)9-28-10-14-15(27-28)2-3-23-16(14)7-17(30)24-4-5-29/h2-3,6,8,10,29H,4-5,7,9,11H2,1H3,(H,24,30)(H,25,26). The van der Waals surface area contributed by atoms with Gasteiger partial charge < -0.3 is 15.7 Å². The van der Waals surface area contributed by atoms with E-state index in [1.165, 1.54) is 6.20 Å². The number of halogens is 3. The Hall–Kier alpha value is -3.21. The van der Waals surface area contributed by atoms with Gasteiger partial charge in [0.25, 0.3) is 0 Å². The van der Waals surface area contributed by atoms with E-state index in [1.54, 1.807) is 36.1 Å². The fourth-order valence-electron chi connectivity index (χ4n) is 2.96. The van der Waals surface area contributed by atoms with Gasteiger partial charge in [-0.25, -0.2) is 4.98 Å². The van der Waals surface area contributed by atoms with E-state index >= 15 is 0 Å². The summed E-state index contributed by atoms with van der Waals surface area (Å²) >= 11 is 0. The third kappa shape index (κ3) is 5.66. The predicted molar refractivity (Wildman–Crippen MR) is 104 cm³/mol. The van der Waals surface area contributed by atoms with Crippen molar-refractivity contribution in [2.24, 2.45) is 0 Å². The Bertz CT molecular complexity index is 1030. The van der Waals surface area contributed by atoms with Crippen molar-refractivity contribution in [3.63, 3.8) is 0 Å². The SMILES string of the molecule is Cc1cc(Cn2cc3c(CC(=O)NCCO)nccc3n2)cnc1NCC(F)(F)F. The number of fused-ring (bicyclic) bond motifs is 1. The Morgan fingerprint density at radius 2 is 2.10 bits per heavy atom. The zero-order chi connectivity index (χ0) is 21.7. The highest BCUT2D eigenvalue weighted by Gasteiger charge is 2.27. The van der Waals surface area contributed by atoms with Gasteiger partial charge in [0.2, 0.25) is 5.91 Å². The molecule has 0 unspecified atom stereocenters. The van der Waals surface area contributed by atoms with Gasteiger partial charge in [0, 0.05) is 30.5 Å². The molecule has 3 aromatic rings. The van der Waals surface area contributed by atoms with Crippen LogP contribution < -0.4 is 10.6 Å². The average molecular weight is 422 g/mol. The molecule has 0 saturated heterocycles. The summed E-state index contributed by atoms with van der Waals surface area (Å²) < 4.78 is 38.8. The molecule has 0 aliphatic rings. The van der Waals surface area contributed by atoms with Crippen LogP contribution >= 0.6 is 0 Å². The van der Waals surface area contributed by atoms with Gasteiger partial charge in [-0.1, -0.05) is 0 Å². The van der Waals surface area contributed by atoms with E-state index in [0.29, 0.717) is 23.3 Å². The number of anilines is 1. The Balaban J connectivity index is 1.74. The fourth-order valence-corrected chi connectivity index (χ4v) is 2.96. The first kappa shape index (κ1) is 21.5. The summed E-state index contributed by atoms with van der Waals surface area (Å²) in [6.07, 6.45) is 0.578. The molecule has 0 bridgehead atoms. The minimum absolute atomic E-state index is 0.0588. The third-order valence-corrected chi connectivity index (χ3v) is 4.26. The maximum absolute atomic E-state index is 12.4. The quantitative estimate of drug-likeness (QED) is 0.512. The Morgan fingerprint density at radius 3 is 2.80 bits per heavy atom. The van der Waals surface area contributed by atoms with Crippen molar-refractivity contribution >= 4 is 22.6 Å². The molecule has 160 valence electrons. The lowest BCUT2D eigenvalue weighted by atomic mass is 10.2. The van der Waals surface area contributed by atoms with Gasteiger partial charge in [-0.05, 0) is 30.2 Å². The van der Waals surface area contributed by atoms with Crippen LogP contribution in [-0.4, -0.2) is 56.6 Å². The molecular formula is C19H21F3N6O2. The summed E-state index contributed by atoms with van der Waals surface area (Å²) in [6.45, 7) is 0.930. The number of nitrogens with one attached hydrogen (secondary N) is 2. The van der Waals surface area contributed by atoms with Crippen molar-refractivity contribution < 1.29 is 23.1 Å². The minimum Gasteiger partial charge on any atom is -0.395 e. The number of pyridine rings is 2. The molecule has 0 aliphatic carbocycles. The highest BCUT2D eigenvalue weighted by atomic mass is 19.4. The zero-order valence-electron chi connectivity index (χ0n) is 16.2. The van der Waals surface area contributed by atoms with Gasteiger partial charge in [-0.15, -0.1) is 0 Å². The fraction of sp³-hybridized carbons (Fsp3) is 0.368. The first-order valence-electron chi connectivity index (χ1n) is 9.20. The number of carbonyl (C=O) groups is 1. The predicted octanol–water partition coefficient (Wildman–Crippen LogP) is 1.81. The molecule has 0 fully saturated rings. The van der Waals surface area contributed by atoms with Crippen LogP contribution in [-0.2, 0) is 17.8 Å². The Labute approximate surface area is 170 Å². The highest BCUT2D eigenvalue weighted by Crippen LogP contribution is 2.20. The van der Waals surface area contributed by atoms with E-state index in [4.69, 9.17) is 5.11 Å². The number of hydrogen-bond donors (Lipinski definition) is 3. The number of aliphatic hydroxyl groups is 1. The summed E-state index contributed by atoms with van der Waals surface area (Å²) in [6, 6.07) is 3.48. The monoisotopic (exact) mass is 422 g/mol. The number of hydrogen-bond acceptors (Lipinski definition) is 6. The van der Waals surface area contributed by atoms with Gasteiger partial charge in [-0.3, -0.25) is 14.5 Å². The molecule has 3 heterocycles. The molecule has 11 heteroatoms. The summed E-state index contributed by atoms with van der Waals surface area (Å²) in [5.74, 6) is -0.0688. The van der Waals surface area contributed by atoms with Gasteiger partial charge >= 0.3 is 6.18 Å². The summed E-state index contributed by atoms with van der Waals surface area (Å²) in [4.78, 5) is 20.3. The molecule has 0 aliphatic heterocycles. The van der Waals surface area contributed by atoms with E-state index in [9.17, 15) is 18.0 Å². The van der Waals surface area contributed by atoms with Crippen LogP contribution in [0.2, 0.25) is 0 Å². The van der Waals surface area contributed by atoms with Crippen LogP contribution in [0, 0.1) is 6.92 Å². The largest absolute Gasteiger partial charge is 0.405 e. The summed E-state index contributed by atoms with van der Waals surface area (Å²) in [7, 11) is 0. The number of aliphatic hydroxyl groups excluding tert-OH is 1. The summed E-state index contributed by atoms with van der Waals surface area (Å²) in [5, 5.41) is 18.9. The number of nitrogens with zero attached hydrogens (tertiary/aromatic N) is 4. The van der Waals surface area contributed by atoms with Gasteiger partial charge in [-0.2, -0.15) is 18.3 Å². The van der Waals surface area contributed by atoms with Crippen LogP contribution in [0.3, 0.4) is 0 Å². The molecule has 0 aromatic carbocycles. The lowest BCUT2D eigenvalue weighted by molar-refractivity contribution is -0.120. The first-order valence-corrected chi connectivity index (χ1v) is 9.20. The number of alkyl halides is 3. The second kappa shape index (κ2) is 9.08. The van der Waals surface area contributed by atoms with E-state index < -0.39 is 12.7 Å². The van der Waals surface area contributed by atoms with Crippen molar-refractivity contribution in [1.82, 2.24) is 25.1 Å². The number of carbonyl (C=O) groups excluding carboxylic acids is 1. The molecule has 30 heavy (non-hydrogen) atoms. The van der Waals surface area contributed by atoms with Gasteiger partial charge in [0.1, 0.15) is 12.4 Å². The molecule has 0 spiro atoms. The Kier molecular flexibility index (Phi) is 6.50. The van der Waals surface area contributed by atoms with Gasteiger partial charge in [0.15, 0.2) is 0 Å². The summed E-state index contributed by atoms with van der Waals surface area (Å²) in [5.41, 5.74) is 2.60. The van der Waals surface area contributed by atoms with Crippen LogP contribution in [0.1, 0.15) is 16.8 Å². The number of aromatic nitrogens is 4. The average Bonchev–Trinajstić information content (AvgIpc) is 3.08. The topological polar surface area (TPSA) is 105 Å². The number of rotatable bonds is 8. The van der Waals surface area contributed by atoms with Crippen LogP contribution in [0.4, 0.5) is 19.0 Å². The third-order valence-electron chi connectivity index (χ3n) is 4.26. The minimum atomic E-state index is -4.32. The molecule has 0 saturated carbocycles. The zero-order valence-corrected chi connectivity index (χ0v) is 16.2. The maximum Gasteiger partial charge on any atom is 0.405 e. The molecule has 3 N–H and O–H groups in total. The van der Waals surface area contributed by atoms with Crippen molar-refractivity contribution in [3.05, 3.63) is 47.5 Å². The van der Waals surface area contributed by atoms with Crippen molar-refractivity contribution in [1.29, 1.82) is 0 Å². The smallest absolute Gasteiger partial charge is 0.395 e. The number of aryl methyl sites for hydroxylation is 1. The molecule has 1 amide bonds. The van der Waals surface area contributed by atoms with E-state index in [-0.39, 0.29) is 31.3 Å². The van der Waals surface area contributed by atoms with Gasteiger partial charge in [0.05, 0.1) is 30.8 Å². The highest BCUT2D eigenvalue weighted by molar-refractivity contribution is 5.86. The van der Waals surface area contributed by atoms with Crippen molar-refractivity contribution in [2.45, 2.75) is 26.1 Å². The van der Waals surface area contributed by atoms with Crippen LogP contribution in [0.15, 0.2) is 30.7 Å². The molecule has 3 aromatic heterocycles. The Morgan fingerprint density at radius 1 is 1.30 bits per heavy atom. The lowest BCUT2D eigenvalue weighted by Crippen LogP contribution is -2.28. The van der Waals surface area contributed by atoms with Crippen molar-refractivity contribution in [3.8, 4) is 0 Å². The molecular weight excluding hydrogens is 401 g/mol. The van der Waals surface area contributed by atoms with E-state index in [0.717, 1.165) is 10.9 Å². The van der Waals surface area contributed by atoms with Crippen LogP contribution in [0.5, 0.6) is 0 Å². The first-order chi connectivity index (χ1) is 14.2. The normalized spacial score (nSPS) is 11.6. The van der Waals surface area contributed by atoms with E-state index in [1.807, 2.05) is 0 Å². The molecule has 8 nitrogen and oxygen atoms in total. The molecule has 0 atom stereocenters. The second-order valence-corrected chi connectivity index (χ2v) is 6.75. The maximum atomic E-state index is 12.4. The second-order valence-electron chi connectivity index (χ2n) is 6.75.